The van der Waals surface area contributed by atoms with Crippen molar-refractivity contribution in [1.82, 2.24) is 29.8 Å². The summed E-state index contributed by atoms with van der Waals surface area (Å²) >= 11 is 1.31. The molecule has 1 atom stereocenters. The Morgan fingerprint density at radius 3 is 2.96 bits per heavy atom. The number of rotatable bonds is 4. The lowest BCUT2D eigenvalue weighted by molar-refractivity contribution is 0.0700. The van der Waals surface area contributed by atoms with Gasteiger partial charge in [-0.15, -0.1) is 5.10 Å². The van der Waals surface area contributed by atoms with Gasteiger partial charge in [0.2, 0.25) is 0 Å². The topological polar surface area (TPSA) is 101 Å². The van der Waals surface area contributed by atoms with Gasteiger partial charge in [0.15, 0.2) is 5.76 Å². The summed E-state index contributed by atoms with van der Waals surface area (Å²) in [6.07, 6.45) is 1.89. The van der Waals surface area contributed by atoms with E-state index in [1.807, 2.05) is 24.0 Å². The van der Waals surface area contributed by atoms with E-state index in [-0.39, 0.29) is 11.8 Å². The van der Waals surface area contributed by atoms with Crippen molar-refractivity contribution in [3.05, 3.63) is 34.9 Å². The van der Waals surface area contributed by atoms with Gasteiger partial charge in [0, 0.05) is 30.8 Å². The van der Waals surface area contributed by atoms with E-state index in [0.29, 0.717) is 23.9 Å². The Kier molecular flexibility index (Phi) is 4.77. The van der Waals surface area contributed by atoms with Gasteiger partial charge in [-0.2, -0.15) is 5.10 Å². The third-order valence-corrected chi connectivity index (χ3v) is 5.66. The third-order valence-electron chi connectivity index (χ3n) is 4.90. The molecule has 0 saturated carbocycles. The van der Waals surface area contributed by atoms with Crippen molar-refractivity contribution in [2.24, 2.45) is 0 Å². The van der Waals surface area contributed by atoms with Gasteiger partial charge in [0.1, 0.15) is 10.6 Å². The number of nitrogens with zero attached hydrogens (tertiary/aromatic N) is 5. The first-order chi connectivity index (χ1) is 13.0. The van der Waals surface area contributed by atoms with Crippen molar-refractivity contribution in [2.45, 2.75) is 45.4 Å². The molecule has 1 aliphatic rings. The minimum absolute atomic E-state index is 0.0388. The second-order valence-corrected chi connectivity index (χ2v) is 8.03. The van der Waals surface area contributed by atoms with E-state index >= 15 is 0 Å². The number of nitrogens with one attached hydrogen (secondary N) is 1. The lowest BCUT2D eigenvalue weighted by Crippen LogP contribution is -2.39. The van der Waals surface area contributed by atoms with E-state index in [1.54, 1.807) is 0 Å². The van der Waals surface area contributed by atoms with Gasteiger partial charge in [-0.25, -0.2) is 0 Å². The van der Waals surface area contributed by atoms with Crippen LogP contribution in [-0.2, 0) is 0 Å². The van der Waals surface area contributed by atoms with Crippen LogP contribution in [0.4, 0.5) is 0 Å². The first-order valence-electron chi connectivity index (χ1n) is 9.13. The molecule has 3 aromatic rings. The van der Waals surface area contributed by atoms with E-state index in [4.69, 9.17) is 4.52 Å². The van der Waals surface area contributed by atoms with Crippen LogP contribution in [0, 0.1) is 6.92 Å². The zero-order valence-electron chi connectivity index (χ0n) is 15.6. The van der Waals surface area contributed by atoms with Crippen molar-refractivity contribution in [2.75, 3.05) is 13.1 Å². The first kappa shape index (κ1) is 17.8. The molecule has 0 unspecified atom stereocenters. The van der Waals surface area contributed by atoms with Crippen molar-refractivity contribution in [3.63, 3.8) is 0 Å². The Morgan fingerprint density at radius 2 is 2.26 bits per heavy atom. The normalized spacial score (nSPS) is 17.6. The molecule has 4 heterocycles. The van der Waals surface area contributed by atoms with E-state index in [9.17, 15) is 4.79 Å². The summed E-state index contributed by atoms with van der Waals surface area (Å²) in [7, 11) is 0. The van der Waals surface area contributed by atoms with Crippen molar-refractivity contribution >= 4 is 17.4 Å². The van der Waals surface area contributed by atoms with Crippen LogP contribution < -0.4 is 0 Å². The van der Waals surface area contributed by atoms with Crippen LogP contribution in [0.3, 0.4) is 0 Å². The van der Waals surface area contributed by atoms with Gasteiger partial charge < -0.3 is 9.42 Å². The maximum Gasteiger partial charge on any atom is 0.274 e. The summed E-state index contributed by atoms with van der Waals surface area (Å²) in [6.45, 7) is 7.36. The van der Waals surface area contributed by atoms with Crippen LogP contribution >= 0.6 is 11.5 Å². The van der Waals surface area contributed by atoms with Gasteiger partial charge in [-0.3, -0.25) is 9.89 Å². The minimum Gasteiger partial charge on any atom is -0.355 e. The predicted octanol–water partition coefficient (Wildman–Crippen LogP) is 3.37. The quantitative estimate of drug-likeness (QED) is 0.738. The zero-order valence-corrected chi connectivity index (χ0v) is 16.4. The minimum atomic E-state index is -0.0388. The molecule has 27 heavy (non-hydrogen) atoms. The number of piperidine rings is 1. The number of likely N-dealkylation sites (tertiary alicyclic amines) is 1. The number of aryl methyl sites for hydroxylation is 1. The van der Waals surface area contributed by atoms with E-state index in [2.05, 4.69) is 38.8 Å². The lowest BCUT2D eigenvalue weighted by Gasteiger charge is -2.31. The molecular formula is C18H22N6O2S. The molecule has 142 valence electrons. The fourth-order valence-corrected chi connectivity index (χ4v) is 4.09. The van der Waals surface area contributed by atoms with Crippen LogP contribution in [0.25, 0.3) is 10.6 Å². The van der Waals surface area contributed by atoms with Crippen LogP contribution in [0.15, 0.2) is 16.7 Å². The lowest BCUT2D eigenvalue weighted by atomic mass is 9.93. The maximum absolute atomic E-state index is 12.9. The number of carbonyl (C=O) groups is 1. The molecule has 1 aliphatic heterocycles. The van der Waals surface area contributed by atoms with Crippen LogP contribution in [0.5, 0.6) is 0 Å². The van der Waals surface area contributed by atoms with E-state index in [1.165, 1.54) is 11.5 Å². The van der Waals surface area contributed by atoms with Crippen molar-refractivity contribution < 1.29 is 9.32 Å². The van der Waals surface area contributed by atoms with E-state index in [0.717, 1.165) is 41.3 Å². The highest BCUT2D eigenvalue weighted by Crippen LogP contribution is 2.35. The molecule has 1 N–H and O–H groups in total. The molecule has 1 amide bonds. The Hall–Kier alpha value is -2.55. The number of aromatic amines is 1. The second kappa shape index (κ2) is 7.22. The molecule has 0 spiro atoms. The highest BCUT2D eigenvalue weighted by atomic mass is 32.1. The number of carbonyl (C=O) groups excluding carboxylic acids is 1. The van der Waals surface area contributed by atoms with Gasteiger partial charge in [0.05, 0.1) is 11.4 Å². The average molecular weight is 386 g/mol. The summed E-state index contributed by atoms with van der Waals surface area (Å²) in [5, 5.41) is 15.5. The Bertz CT molecular complexity index is 943. The number of hydrogen-bond acceptors (Lipinski definition) is 7. The fourth-order valence-electron chi connectivity index (χ4n) is 3.39. The van der Waals surface area contributed by atoms with Gasteiger partial charge >= 0.3 is 0 Å². The van der Waals surface area contributed by atoms with Crippen LogP contribution in [0.2, 0.25) is 0 Å². The summed E-state index contributed by atoms with van der Waals surface area (Å²) < 4.78 is 9.51. The SMILES string of the molecule is Cc1cc(-c2snnc2[C@H]2CCCN(C(=O)c3cc(C(C)C)[nH]n3)C2)on1. The Balaban J connectivity index is 1.53. The standard InChI is InChI=1S/C18H22N6O2S/c1-10(2)13-8-14(20-19-13)18(25)24-6-4-5-12(9-24)16-17(27-23-21-16)15-7-11(3)22-26-15/h7-8,10,12H,4-6,9H2,1-3H3,(H,19,20)/t12-/m0/s1. The first-order valence-corrected chi connectivity index (χ1v) is 9.90. The highest BCUT2D eigenvalue weighted by molar-refractivity contribution is 7.09. The average Bonchev–Trinajstić information content (AvgIpc) is 3.41. The van der Waals surface area contributed by atoms with E-state index < -0.39 is 0 Å². The van der Waals surface area contributed by atoms with Crippen LogP contribution in [0.1, 0.15) is 66.1 Å². The van der Waals surface area contributed by atoms with Gasteiger partial charge in [-0.05, 0) is 43.3 Å². The van der Waals surface area contributed by atoms with Crippen molar-refractivity contribution in [1.29, 1.82) is 0 Å². The van der Waals surface area contributed by atoms with Gasteiger partial charge in [-0.1, -0.05) is 23.5 Å². The third kappa shape index (κ3) is 3.51. The fraction of sp³-hybridized carbons (Fsp3) is 0.500. The largest absolute Gasteiger partial charge is 0.355 e. The number of amides is 1. The monoisotopic (exact) mass is 386 g/mol. The molecule has 0 radical (unpaired) electrons. The molecule has 8 nitrogen and oxygen atoms in total. The second-order valence-electron chi connectivity index (χ2n) is 7.27. The zero-order chi connectivity index (χ0) is 19.0. The molecule has 1 saturated heterocycles. The molecule has 9 heteroatoms. The summed E-state index contributed by atoms with van der Waals surface area (Å²) in [5.41, 5.74) is 3.16. The Morgan fingerprint density at radius 1 is 1.41 bits per heavy atom. The molecular weight excluding hydrogens is 364 g/mol. The summed E-state index contributed by atoms with van der Waals surface area (Å²) in [4.78, 5) is 15.7. The number of hydrogen-bond donors (Lipinski definition) is 1. The molecule has 0 bridgehead atoms. The molecule has 0 aromatic carbocycles. The van der Waals surface area contributed by atoms with Gasteiger partial charge in [0.25, 0.3) is 5.91 Å². The maximum atomic E-state index is 12.9. The predicted molar refractivity (Wildman–Crippen MR) is 101 cm³/mol. The summed E-state index contributed by atoms with van der Waals surface area (Å²) in [5.74, 6) is 1.09. The molecule has 4 rings (SSSR count). The molecule has 0 aliphatic carbocycles. The molecule has 1 fully saturated rings. The summed E-state index contributed by atoms with van der Waals surface area (Å²) in [6, 6.07) is 3.74. The number of aromatic nitrogens is 5. The number of H-pyrrole nitrogens is 1. The molecule has 3 aromatic heterocycles. The highest BCUT2D eigenvalue weighted by Gasteiger charge is 2.31. The smallest absolute Gasteiger partial charge is 0.274 e. The van der Waals surface area contributed by atoms with Crippen LogP contribution in [-0.4, -0.2) is 48.8 Å². The Labute approximate surface area is 161 Å². The van der Waals surface area contributed by atoms with Crippen molar-refractivity contribution in [3.8, 4) is 10.6 Å².